The molecule has 1 saturated heterocycles. The van der Waals surface area contributed by atoms with E-state index in [4.69, 9.17) is 9.47 Å². The highest BCUT2D eigenvalue weighted by atomic mass is 16.5. The maximum Gasteiger partial charge on any atom is 0.230 e. The quantitative estimate of drug-likeness (QED) is 0.813. The minimum Gasteiger partial charge on any atom is -0.381 e. The zero-order valence-corrected chi connectivity index (χ0v) is 18.0. The highest BCUT2D eigenvalue weighted by molar-refractivity contribution is 6.00. The second-order valence-electron chi connectivity index (χ2n) is 8.57. The lowest BCUT2D eigenvalue weighted by Gasteiger charge is -2.33. The van der Waals surface area contributed by atoms with Crippen LogP contribution in [0.5, 0.6) is 0 Å². The summed E-state index contributed by atoms with van der Waals surface area (Å²) in [6, 6.07) is 10.3. The summed E-state index contributed by atoms with van der Waals surface area (Å²) in [5.41, 5.74) is 4.02. The summed E-state index contributed by atoms with van der Waals surface area (Å²) in [5, 5.41) is 3.47. The van der Waals surface area contributed by atoms with Gasteiger partial charge in [-0.3, -0.25) is 4.79 Å². The normalized spacial score (nSPS) is 23.4. The van der Waals surface area contributed by atoms with Gasteiger partial charge in [-0.25, -0.2) is 4.98 Å². The fourth-order valence-electron chi connectivity index (χ4n) is 4.89. The molecule has 164 valence electrons. The molecule has 1 aliphatic carbocycles. The third-order valence-electron chi connectivity index (χ3n) is 6.74. The SMILES string of the molecule is CO[C@H]1CC[C@@H](C(=O)N2Cc3cccnc3Nc3ccc(N4CCOCC4)cc32)CC1. The Balaban J connectivity index is 1.49. The molecule has 2 aromatic rings. The highest BCUT2D eigenvalue weighted by Gasteiger charge is 2.33. The van der Waals surface area contributed by atoms with Crippen LogP contribution < -0.4 is 15.1 Å². The molecule has 3 heterocycles. The first-order valence-electron chi connectivity index (χ1n) is 11.2. The Morgan fingerprint density at radius 1 is 1.16 bits per heavy atom. The van der Waals surface area contributed by atoms with Crippen molar-refractivity contribution in [3.8, 4) is 0 Å². The number of carbonyl (C=O) groups excluding carboxylic acids is 1. The summed E-state index contributed by atoms with van der Waals surface area (Å²) >= 11 is 0. The first-order valence-corrected chi connectivity index (χ1v) is 11.2. The van der Waals surface area contributed by atoms with Gasteiger partial charge in [0.2, 0.25) is 5.91 Å². The molecule has 7 nitrogen and oxygen atoms in total. The Morgan fingerprint density at radius 3 is 2.74 bits per heavy atom. The number of morpholine rings is 1. The number of methoxy groups -OCH3 is 1. The van der Waals surface area contributed by atoms with Crippen molar-refractivity contribution in [1.29, 1.82) is 0 Å². The number of hydrogen-bond acceptors (Lipinski definition) is 6. The second kappa shape index (κ2) is 8.85. The van der Waals surface area contributed by atoms with Gasteiger partial charge in [0.1, 0.15) is 5.82 Å². The number of hydrogen-bond donors (Lipinski definition) is 1. The molecule has 0 radical (unpaired) electrons. The maximum absolute atomic E-state index is 13.8. The predicted molar refractivity (Wildman–Crippen MR) is 121 cm³/mol. The lowest BCUT2D eigenvalue weighted by molar-refractivity contribution is -0.124. The number of aromatic nitrogens is 1. The number of amides is 1. The number of anilines is 4. The summed E-state index contributed by atoms with van der Waals surface area (Å²) in [7, 11) is 1.76. The number of fused-ring (bicyclic) bond motifs is 2. The van der Waals surface area contributed by atoms with E-state index in [0.29, 0.717) is 6.54 Å². The van der Waals surface area contributed by atoms with E-state index in [0.717, 1.165) is 80.4 Å². The summed E-state index contributed by atoms with van der Waals surface area (Å²) in [4.78, 5) is 22.6. The summed E-state index contributed by atoms with van der Waals surface area (Å²) in [5.74, 6) is 1.05. The van der Waals surface area contributed by atoms with E-state index in [1.807, 2.05) is 17.0 Å². The van der Waals surface area contributed by atoms with Crippen LogP contribution in [0.4, 0.5) is 22.9 Å². The van der Waals surface area contributed by atoms with E-state index in [9.17, 15) is 4.79 Å². The molecule has 2 fully saturated rings. The Hall–Kier alpha value is -2.64. The third kappa shape index (κ3) is 4.12. The number of pyridine rings is 1. The van der Waals surface area contributed by atoms with Crippen molar-refractivity contribution in [1.82, 2.24) is 4.98 Å². The molecule has 5 rings (SSSR count). The van der Waals surface area contributed by atoms with Crippen LogP contribution in [0.25, 0.3) is 0 Å². The van der Waals surface area contributed by atoms with Crippen molar-refractivity contribution >= 4 is 28.8 Å². The maximum atomic E-state index is 13.8. The summed E-state index contributed by atoms with van der Waals surface area (Å²) < 4.78 is 11.0. The van der Waals surface area contributed by atoms with Gasteiger partial charge in [0, 0.05) is 43.6 Å². The van der Waals surface area contributed by atoms with Gasteiger partial charge in [-0.15, -0.1) is 0 Å². The molecule has 1 N–H and O–H groups in total. The average Bonchev–Trinajstić information content (AvgIpc) is 3.00. The standard InChI is InChI=1S/C24H30N4O3/c1-30-20-7-4-17(5-8-20)24(29)28-16-18-3-2-10-25-23(18)26-21-9-6-19(15-22(21)28)27-11-13-31-14-12-27/h2-3,6,9-10,15,17,20H,4-5,7-8,11-14,16H2,1H3,(H,25,26)/t17-,20+. The van der Waals surface area contributed by atoms with Gasteiger partial charge in [-0.05, 0) is 49.9 Å². The van der Waals surface area contributed by atoms with Crippen LogP contribution in [0.15, 0.2) is 36.5 Å². The highest BCUT2D eigenvalue weighted by Crippen LogP contribution is 2.39. The minimum absolute atomic E-state index is 0.0320. The zero-order chi connectivity index (χ0) is 21.2. The fraction of sp³-hybridized carbons (Fsp3) is 0.500. The lowest BCUT2D eigenvalue weighted by atomic mass is 9.86. The number of carbonyl (C=O) groups is 1. The molecule has 2 aliphatic heterocycles. The smallest absolute Gasteiger partial charge is 0.230 e. The Bertz CT molecular complexity index is 936. The molecule has 7 heteroatoms. The number of nitrogens with zero attached hydrogens (tertiary/aromatic N) is 3. The van der Waals surface area contributed by atoms with Crippen LogP contribution in [-0.4, -0.2) is 50.4 Å². The van der Waals surface area contributed by atoms with Crippen LogP contribution in [0.3, 0.4) is 0 Å². The molecule has 3 aliphatic rings. The molecular formula is C24H30N4O3. The molecule has 1 aromatic heterocycles. The van der Waals surface area contributed by atoms with E-state index >= 15 is 0 Å². The van der Waals surface area contributed by atoms with Gasteiger partial charge in [-0.1, -0.05) is 6.07 Å². The molecular weight excluding hydrogens is 392 g/mol. The number of ether oxygens (including phenoxy) is 2. The molecule has 1 aromatic carbocycles. The van der Waals surface area contributed by atoms with Gasteiger partial charge < -0.3 is 24.6 Å². The van der Waals surface area contributed by atoms with Crippen molar-refractivity contribution in [2.24, 2.45) is 5.92 Å². The van der Waals surface area contributed by atoms with E-state index in [2.05, 4.69) is 33.4 Å². The number of nitrogens with one attached hydrogen (secondary N) is 1. The summed E-state index contributed by atoms with van der Waals surface area (Å²) in [6.45, 7) is 3.72. The molecule has 0 spiro atoms. The van der Waals surface area contributed by atoms with Gasteiger partial charge in [0.15, 0.2) is 0 Å². The first kappa shape index (κ1) is 20.3. The molecule has 31 heavy (non-hydrogen) atoms. The van der Waals surface area contributed by atoms with E-state index < -0.39 is 0 Å². The van der Waals surface area contributed by atoms with Gasteiger partial charge in [0.05, 0.1) is 37.2 Å². The Morgan fingerprint density at radius 2 is 1.97 bits per heavy atom. The Labute approximate surface area is 183 Å². The lowest BCUT2D eigenvalue weighted by Crippen LogP contribution is -2.39. The largest absolute Gasteiger partial charge is 0.381 e. The van der Waals surface area contributed by atoms with Crippen molar-refractivity contribution in [3.63, 3.8) is 0 Å². The van der Waals surface area contributed by atoms with Crippen LogP contribution in [0.2, 0.25) is 0 Å². The Kier molecular flexibility index (Phi) is 5.78. The molecule has 0 bridgehead atoms. The van der Waals surface area contributed by atoms with E-state index in [1.54, 1.807) is 13.3 Å². The molecule has 0 unspecified atom stereocenters. The molecule has 1 amide bonds. The van der Waals surface area contributed by atoms with Crippen molar-refractivity contribution in [2.75, 3.05) is 48.5 Å². The zero-order valence-electron chi connectivity index (χ0n) is 18.0. The van der Waals surface area contributed by atoms with Crippen LogP contribution in [-0.2, 0) is 20.8 Å². The van der Waals surface area contributed by atoms with E-state index in [-0.39, 0.29) is 17.9 Å². The van der Waals surface area contributed by atoms with E-state index in [1.165, 1.54) is 0 Å². The van der Waals surface area contributed by atoms with Gasteiger partial charge in [-0.2, -0.15) is 0 Å². The number of rotatable bonds is 3. The predicted octanol–water partition coefficient (Wildman–Crippen LogP) is 3.71. The average molecular weight is 423 g/mol. The van der Waals surface area contributed by atoms with Gasteiger partial charge in [0.25, 0.3) is 0 Å². The van der Waals surface area contributed by atoms with Crippen LogP contribution >= 0.6 is 0 Å². The topological polar surface area (TPSA) is 66.9 Å². The van der Waals surface area contributed by atoms with Crippen LogP contribution in [0, 0.1) is 5.92 Å². The first-order chi connectivity index (χ1) is 15.2. The van der Waals surface area contributed by atoms with Crippen molar-refractivity contribution in [2.45, 2.75) is 38.3 Å². The van der Waals surface area contributed by atoms with Gasteiger partial charge >= 0.3 is 0 Å². The number of benzene rings is 1. The van der Waals surface area contributed by atoms with Crippen molar-refractivity contribution < 1.29 is 14.3 Å². The molecule has 1 saturated carbocycles. The van der Waals surface area contributed by atoms with Crippen LogP contribution in [0.1, 0.15) is 31.2 Å². The third-order valence-corrected chi connectivity index (χ3v) is 6.74. The second-order valence-corrected chi connectivity index (χ2v) is 8.57. The minimum atomic E-state index is 0.0320. The molecule has 0 atom stereocenters. The monoisotopic (exact) mass is 422 g/mol. The fourth-order valence-corrected chi connectivity index (χ4v) is 4.89. The summed E-state index contributed by atoms with van der Waals surface area (Å²) in [6.07, 6.45) is 5.70. The van der Waals surface area contributed by atoms with Crippen molar-refractivity contribution in [3.05, 3.63) is 42.1 Å².